The van der Waals surface area contributed by atoms with E-state index in [0.717, 1.165) is 26.2 Å². The number of nitrogens with one attached hydrogen (secondary N) is 1. The standard InChI is InChI=1S/C16H34N2O/c1-15(2)11-14(12-16(3,4)13-15)17-7-8-18(5)9-10-19-6/h14,17H,7-13H2,1-6H3. The maximum absolute atomic E-state index is 5.10. The summed E-state index contributed by atoms with van der Waals surface area (Å²) in [5, 5.41) is 3.76. The van der Waals surface area contributed by atoms with Crippen molar-refractivity contribution in [1.29, 1.82) is 0 Å². The second-order valence-electron chi connectivity index (χ2n) is 7.86. The van der Waals surface area contributed by atoms with Crippen LogP contribution in [-0.4, -0.2) is 51.3 Å². The van der Waals surface area contributed by atoms with Crippen molar-refractivity contribution < 1.29 is 4.74 Å². The van der Waals surface area contributed by atoms with Crippen molar-refractivity contribution in [1.82, 2.24) is 10.2 Å². The van der Waals surface area contributed by atoms with Crippen molar-refractivity contribution in [2.75, 3.05) is 40.4 Å². The fraction of sp³-hybridized carbons (Fsp3) is 1.00. The topological polar surface area (TPSA) is 24.5 Å². The summed E-state index contributed by atoms with van der Waals surface area (Å²) in [6, 6.07) is 0.676. The smallest absolute Gasteiger partial charge is 0.0589 e. The predicted molar refractivity (Wildman–Crippen MR) is 82.6 cm³/mol. The molecule has 1 aliphatic rings. The SMILES string of the molecule is COCCN(C)CCNC1CC(C)(C)CC(C)(C)C1. The van der Waals surface area contributed by atoms with Crippen LogP contribution >= 0.6 is 0 Å². The first-order chi connectivity index (χ1) is 8.74. The van der Waals surface area contributed by atoms with Crippen LogP contribution in [0.5, 0.6) is 0 Å². The van der Waals surface area contributed by atoms with Gasteiger partial charge in [0.05, 0.1) is 6.61 Å². The van der Waals surface area contributed by atoms with Crippen LogP contribution < -0.4 is 5.32 Å². The van der Waals surface area contributed by atoms with Crippen molar-refractivity contribution in [3.8, 4) is 0 Å². The summed E-state index contributed by atoms with van der Waals surface area (Å²) in [7, 11) is 3.92. The molecule has 1 rings (SSSR count). The molecule has 19 heavy (non-hydrogen) atoms. The van der Waals surface area contributed by atoms with Gasteiger partial charge in [-0.3, -0.25) is 0 Å². The van der Waals surface area contributed by atoms with Crippen LogP contribution in [0.2, 0.25) is 0 Å². The highest BCUT2D eigenvalue weighted by atomic mass is 16.5. The zero-order valence-electron chi connectivity index (χ0n) is 13.9. The lowest BCUT2D eigenvalue weighted by Crippen LogP contribution is -2.45. The molecule has 0 aromatic rings. The molecule has 0 aromatic carbocycles. The van der Waals surface area contributed by atoms with Crippen molar-refractivity contribution in [3.05, 3.63) is 0 Å². The van der Waals surface area contributed by atoms with E-state index in [9.17, 15) is 0 Å². The Bertz CT molecular complexity index is 247. The lowest BCUT2D eigenvalue weighted by molar-refractivity contribution is 0.0836. The van der Waals surface area contributed by atoms with E-state index in [4.69, 9.17) is 4.74 Å². The third-order valence-corrected chi connectivity index (χ3v) is 4.16. The van der Waals surface area contributed by atoms with Crippen LogP contribution in [0.15, 0.2) is 0 Å². The van der Waals surface area contributed by atoms with Gasteiger partial charge in [0.25, 0.3) is 0 Å². The molecular formula is C16H34N2O. The quantitative estimate of drug-likeness (QED) is 0.770. The molecule has 0 spiro atoms. The van der Waals surface area contributed by atoms with Gasteiger partial charge in [0.15, 0.2) is 0 Å². The molecule has 1 fully saturated rings. The van der Waals surface area contributed by atoms with Gasteiger partial charge in [-0.05, 0) is 37.1 Å². The first-order valence-corrected chi connectivity index (χ1v) is 7.65. The molecule has 3 nitrogen and oxygen atoms in total. The molecular weight excluding hydrogens is 236 g/mol. The van der Waals surface area contributed by atoms with E-state index in [1.807, 2.05) is 0 Å². The number of nitrogens with zero attached hydrogens (tertiary/aromatic N) is 1. The number of hydrogen-bond acceptors (Lipinski definition) is 3. The summed E-state index contributed by atoms with van der Waals surface area (Å²) in [5.41, 5.74) is 0.947. The molecule has 0 saturated heterocycles. The van der Waals surface area contributed by atoms with E-state index in [0.29, 0.717) is 16.9 Å². The van der Waals surface area contributed by atoms with Crippen molar-refractivity contribution >= 4 is 0 Å². The number of methoxy groups -OCH3 is 1. The van der Waals surface area contributed by atoms with Crippen molar-refractivity contribution in [3.63, 3.8) is 0 Å². The molecule has 0 aliphatic heterocycles. The largest absolute Gasteiger partial charge is 0.383 e. The third-order valence-electron chi connectivity index (χ3n) is 4.16. The molecule has 0 atom stereocenters. The summed E-state index contributed by atoms with van der Waals surface area (Å²) < 4.78 is 5.10. The minimum absolute atomic E-state index is 0.474. The first-order valence-electron chi connectivity index (χ1n) is 7.65. The Kier molecular flexibility index (Phi) is 6.28. The zero-order valence-corrected chi connectivity index (χ0v) is 13.9. The van der Waals surface area contributed by atoms with Gasteiger partial charge in [-0.15, -0.1) is 0 Å². The number of hydrogen-bond donors (Lipinski definition) is 1. The van der Waals surface area contributed by atoms with E-state index in [-0.39, 0.29) is 0 Å². The molecule has 0 radical (unpaired) electrons. The maximum atomic E-state index is 5.10. The monoisotopic (exact) mass is 270 g/mol. The van der Waals surface area contributed by atoms with E-state index < -0.39 is 0 Å². The van der Waals surface area contributed by atoms with Crippen LogP contribution in [0.25, 0.3) is 0 Å². The fourth-order valence-electron chi connectivity index (χ4n) is 3.81. The average Bonchev–Trinajstić information content (AvgIpc) is 2.22. The van der Waals surface area contributed by atoms with Crippen LogP contribution in [-0.2, 0) is 4.74 Å². The number of rotatable bonds is 7. The lowest BCUT2D eigenvalue weighted by Gasteiger charge is -2.45. The summed E-state index contributed by atoms with van der Waals surface area (Å²) in [6.45, 7) is 13.7. The molecule has 1 N–H and O–H groups in total. The van der Waals surface area contributed by atoms with E-state index >= 15 is 0 Å². The predicted octanol–water partition coefficient (Wildman–Crippen LogP) is 2.76. The molecule has 1 aliphatic carbocycles. The molecule has 3 heteroatoms. The first kappa shape index (κ1) is 16.9. The zero-order chi connectivity index (χ0) is 14.5. The van der Waals surface area contributed by atoms with Crippen molar-refractivity contribution in [2.24, 2.45) is 10.8 Å². The fourth-order valence-corrected chi connectivity index (χ4v) is 3.81. The van der Waals surface area contributed by atoms with E-state index in [2.05, 4.69) is 45.0 Å². The van der Waals surface area contributed by atoms with Gasteiger partial charge in [-0.25, -0.2) is 0 Å². The Labute approximate surface area is 120 Å². The highest BCUT2D eigenvalue weighted by molar-refractivity contribution is 4.92. The van der Waals surface area contributed by atoms with Gasteiger partial charge in [-0.2, -0.15) is 0 Å². The van der Waals surface area contributed by atoms with E-state index in [1.165, 1.54) is 19.3 Å². The van der Waals surface area contributed by atoms with Gasteiger partial charge in [0.1, 0.15) is 0 Å². The summed E-state index contributed by atoms with van der Waals surface area (Å²) in [4.78, 5) is 2.33. The van der Waals surface area contributed by atoms with Crippen molar-refractivity contribution in [2.45, 2.75) is 53.0 Å². The van der Waals surface area contributed by atoms with Gasteiger partial charge in [0, 0.05) is 32.8 Å². The Morgan fingerprint density at radius 1 is 1.11 bits per heavy atom. The van der Waals surface area contributed by atoms with Crippen LogP contribution in [0.3, 0.4) is 0 Å². The van der Waals surface area contributed by atoms with Gasteiger partial charge >= 0.3 is 0 Å². The number of ether oxygens (including phenoxy) is 1. The Morgan fingerprint density at radius 2 is 1.68 bits per heavy atom. The Balaban J connectivity index is 2.29. The molecule has 114 valence electrons. The van der Waals surface area contributed by atoms with Gasteiger partial charge < -0.3 is 15.0 Å². The molecule has 0 heterocycles. The number of likely N-dealkylation sites (N-methyl/N-ethyl adjacent to an activating group) is 1. The lowest BCUT2D eigenvalue weighted by atomic mass is 9.63. The third kappa shape index (κ3) is 6.73. The molecule has 0 amide bonds. The van der Waals surface area contributed by atoms with E-state index in [1.54, 1.807) is 7.11 Å². The molecule has 0 unspecified atom stereocenters. The normalized spacial score (nSPS) is 22.9. The Morgan fingerprint density at radius 3 is 2.21 bits per heavy atom. The van der Waals surface area contributed by atoms with Crippen LogP contribution in [0.4, 0.5) is 0 Å². The Hall–Kier alpha value is -0.120. The summed E-state index contributed by atoms with van der Waals surface area (Å²) in [5.74, 6) is 0. The second-order valence-corrected chi connectivity index (χ2v) is 7.86. The molecule has 0 bridgehead atoms. The minimum atomic E-state index is 0.474. The van der Waals surface area contributed by atoms with Crippen LogP contribution in [0, 0.1) is 10.8 Å². The van der Waals surface area contributed by atoms with Crippen LogP contribution in [0.1, 0.15) is 47.0 Å². The highest BCUT2D eigenvalue weighted by Crippen LogP contribution is 2.45. The molecule has 0 aromatic heterocycles. The average molecular weight is 270 g/mol. The molecule has 1 saturated carbocycles. The van der Waals surface area contributed by atoms with Gasteiger partial charge in [0.2, 0.25) is 0 Å². The van der Waals surface area contributed by atoms with Gasteiger partial charge in [-0.1, -0.05) is 27.7 Å². The highest BCUT2D eigenvalue weighted by Gasteiger charge is 2.37. The minimum Gasteiger partial charge on any atom is -0.383 e. The second kappa shape index (κ2) is 7.05. The summed E-state index contributed by atoms with van der Waals surface area (Å²) in [6.07, 6.45) is 3.95. The summed E-state index contributed by atoms with van der Waals surface area (Å²) >= 11 is 0. The maximum Gasteiger partial charge on any atom is 0.0589 e.